The topological polar surface area (TPSA) is 70.7 Å². The summed E-state index contributed by atoms with van der Waals surface area (Å²) in [6.07, 6.45) is 0. The van der Waals surface area contributed by atoms with Gasteiger partial charge in [-0.2, -0.15) is 0 Å². The Morgan fingerprint density at radius 2 is 1.77 bits per heavy atom. The van der Waals surface area contributed by atoms with Gasteiger partial charge in [-0.15, -0.1) is 0 Å². The van der Waals surface area contributed by atoms with Crippen molar-refractivity contribution in [1.82, 2.24) is 5.32 Å². The Morgan fingerprint density at radius 1 is 1.04 bits per heavy atom. The molecule has 0 aromatic heterocycles. The molecule has 3 rings (SSSR count). The van der Waals surface area contributed by atoms with Crippen molar-refractivity contribution < 1.29 is 13.2 Å². The van der Waals surface area contributed by atoms with Crippen molar-refractivity contribution in [2.45, 2.75) is 18.7 Å². The SMILES string of the molecule is COc1ccc(S(=O)(=O)Nc2ccc(C)c(C)c2)cc1N1CCNCC1. The molecule has 26 heavy (non-hydrogen) atoms. The van der Waals surface area contributed by atoms with Gasteiger partial charge in [-0.25, -0.2) is 8.42 Å². The van der Waals surface area contributed by atoms with Crippen LogP contribution in [0.2, 0.25) is 0 Å². The van der Waals surface area contributed by atoms with Crippen molar-refractivity contribution in [3.8, 4) is 5.75 Å². The minimum absolute atomic E-state index is 0.227. The Hall–Kier alpha value is -2.25. The lowest BCUT2D eigenvalue weighted by molar-refractivity contribution is 0.412. The van der Waals surface area contributed by atoms with E-state index in [4.69, 9.17) is 4.74 Å². The van der Waals surface area contributed by atoms with Gasteiger partial charge in [0.2, 0.25) is 0 Å². The van der Waals surface area contributed by atoms with Gasteiger partial charge in [-0.3, -0.25) is 4.72 Å². The molecule has 0 bridgehead atoms. The third-order valence-electron chi connectivity index (χ3n) is 4.68. The molecule has 0 amide bonds. The molecule has 140 valence electrons. The molecule has 0 unspecified atom stereocenters. The van der Waals surface area contributed by atoms with E-state index in [0.717, 1.165) is 43.0 Å². The minimum atomic E-state index is -3.68. The zero-order valence-electron chi connectivity index (χ0n) is 15.4. The van der Waals surface area contributed by atoms with Crippen LogP contribution in [0.3, 0.4) is 0 Å². The molecular formula is C19H25N3O3S. The van der Waals surface area contributed by atoms with E-state index in [1.807, 2.05) is 26.0 Å². The van der Waals surface area contributed by atoms with Crippen LogP contribution in [-0.4, -0.2) is 41.7 Å². The number of nitrogens with one attached hydrogen (secondary N) is 2. The van der Waals surface area contributed by atoms with Crippen LogP contribution in [0.4, 0.5) is 11.4 Å². The smallest absolute Gasteiger partial charge is 0.261 e. The number of anilines is 2. The predicted octanol–water partition coefficient (Wildman–Crippen LogP) is 2.52. The fourth-order valence-electron chi connectivity index (χ4n) is 3.01. The molecular weight excluding hydrogens is 350 g/mol. The molecule has 0 radical (unpaired) electrons. The highest BCUT2D eigenvalue weighted by atomic mass is 32.2. The second-order valence-corrected chi connectivity index (χ2v) is 8.16. The van der Waals surface area contributed by atoms with Crippen LogP contribution in [0.1, 0.15) is 11.1 Å². The summed E-state index contributed by atoms with van der Waals surface area (Å²) in [5.74, 6) is 0.678. The summed E-state index contributed by atoms with van der Waals surface area (Å²) in [7, 11) is -2.08. The highest BCUT2D eigenvalue weighted by molar-refractivity contribution is 7.92. The highest BCUT2D eigenvalue weighted by Crippen LogP contribution is 2.32. The van der Waals surface area contributed by atoms with Crippen molar-refractivity contribution in [2.75, 3.05) is 42.9 Å². The Bertz CT molecular complexity index is 891. The van der Waals surface area contributed by atoms with Gasteiger partial charge in [0.1, 0.15) is 5.75 Å². The molecule has 0 atom stereocenters. The first-order valence-electron chi connectivity index (χ1n) is 8.64. The summed E-state index contributed by atoms with van der Waals surface area (Å²) in [5.41, 5.74) is 3.53. The third-order valence-corrected chi connectivity index (χ3v) is 6.06. The van der Waals surface area contributed by atoms with Crippen LogP contribution < -0.4 is 19.7 Å². The maximum Gasteiger partial charge on any atom is 0.261 e. The van der Waals surface area contributed by atoms with Gasteiger partial charge < -0.3 is 15.0 Å². The number of methoxy groups -OCH3 is 1. The average molecular weight is 375 g/mol. The monoisotopic (exact) mass is 375 g/mol. The third kappa shape index (κ3) is 3.94. The fraction of sp³-hybridized carbons (Fsp3) is 0.368. The molecule has 1 heterocycles. The van der Waals surface area contributed by atoms with E-state index in [0.29, 0.717) is 11.4 Å². The Balaban J connectivity index is 1.92. The number of benzene rings is 2. The van der Waals surface area contributed by atoms with Gasteiger partial charge in [-0.05, 0) is 55.3 Å². The maximum atomic E-state index is 12.8. The van der Waals surface area contributed by atoms with Crippen LogP contribution in [0.5, 0.6) is 5.75 Å². The van der Waals surface area contributed by atoms with Crippen molar-refractivity contribution >= 4 is 21.4 Å². The van der Waals surface area contributed by atoms with E-state index in [2.05, 4.69) is 14.9 Å². The molecule has 1 saturated heterocycles. The largest absolute Gasteiger partial charge is 0.495 e. The average Bonchev–Trinajstić information content (AvgIpc) is 2.64. The minimum Gasteiger partial charge on any atom is -0.495 e. The van der Waals surface area contributed by atoms with Gasteiger partial charge in [0, 0.05) is 31.9 Å². The maximum absolute atomic E-state index is 12.8. The molecule has 0 aliphatic carbocycles. The number of piperazine rings is 1. The van der Waals surface area contributed by atoms with Gasteiger partial charge in [0.15, 0.2) is 0 Å². The highest BCUT2D eigenvalue weighted by Gasteiger charge is 2.21. The number of nitrogens with zero attached hydrogens (tertiary/aromatic N) is 1. The first kappa shape index (κ1) is 18.5. The summed E-state index contributed by atoms with van der Waals surface area (Å²) in [6, 6.07) is 10.5. The molecule has 6 nitrogen and oxygen atoms in total. The van der Waals surface area contributed by atoms with E-state index in [1.54, 1.807) is 31.4 Å². The molecule has 0 spiro atoms. The van der Waals surface area contributed by atoms with Gasteiger partial charge in [0.25, 0.3) is 10.0 Å². The summed E-state index contributed by atoms with van der Waals surface area (Å²) in [6.45, 7) is 7.30. The lowest BCUT2D eigenvalue weighted by Crippen LogP contribution is -2.43. The first-order chi connectivity index (χ1) is 12.4. The summed E-state index contributed by atoms with van der Waals surface area (Å²) >= 11 is 0. The molecule has 1 aliphatic heterocycles. The van der Waals surface area contributed by atoms with Crippen LogP contribution in [0, 0.1) is 13.8 Å². The van der Waals surface area contributed by atoms with Crippen molar-refractivity contribution in [3.05, 3.63) is 47.5 Å². The summed E-state index contributed by atoms with van der Waals surface area (Å²) in [5, 5.41) is 3.30. The van der Waals surface area contributed by atoms with Crippen LogP contribution >= 0.6 is 0 Å². The van der Waals surface area contributed by atoms with E-state index in [-0.39, 0.29) is 4.90 Å². The molecule has 7 heteroatoms. The van der Waals surface area contributed by atoms with E-state index < -0.39 is 10.0 Å². The molecule has 2 aromatic rings. The Labute approximate surface area is 155 Å². The quantitative estimate of drug-likeness (QED) is 0.840. The number of hydrogen-bond acceptors (Lipinski definition) is 5. The summed E-state index contributed by atoms with van der Waals surface area (Å²) in [4.78, 5) is 2.37. The van der Waals surface area contributed by atoms with Gasteiger partial charge in [-0.1, -0.05) is 6.07 Å². The first-order valence-corrected chi connectivity index (χ1v) is 10.1. The molecule has 2 N–H and O–H groups in total. The zero-order valence-corrected chi connectivity index (χ0v) is 16.2. The second kappa shape index (κ2) is 7.55. The Morgan fingerprint density at radius 3 is 2.42 bits per heavy atom. The van der Waals surface area contributed by atoms with Crippen molar-refractivity contribution in [2.24, 2.45) is 0 Å². The van der Waals surface area contributed by atoms with Gasteiger partial charge >= 0.3 is 0 Å². The van der Waals surface area contributed by atoms with E-state index >= 15 is 0 Å². The normalized spacial score (nSPS) is 15.0. The Kier molecular flexibility index (Phi) is 5.38. The number of ether oxygens (including phenoxy) is 1. The molecule has 2 aromatic carbocycles. The molecule has 0 saturated carbocycles. The summed E-state index contributed by atoms with van der Waals surface area (Å²) < 4.78 is 33.8. The van der Waals surface area contributed by atoms with Crippen molar-refractivity contribution in [1.29, 1.82) is 0 Å². The predicted molar refractivity (Wildman–Crippen MR) is 105 cm³/mol. The van der Waals surface area contributed by atoms with Crippen molar-refractivity contribution in [3.63, 3.8) is 0 Å². The molecule has 1 fully saturated rings. The zero-order chi connectivity index (χ0) is 18.7. The fourth-order valence-corrected chi connectivity index (χ4v) is 4.08. The number of rotatable bonds is 5. The molecule has 1 aliphatic rings. The van der Waals surface area contributed by atoms with Crippen LogP contribution in [-0.2, 0) is 10.0 Å². The number of hydrogen-bond donors (Lipinski definition) is 2. The lowest BCUT2D eigenvalue weighted by Gasteiger charge is -2.30. The number of aryl methyl sites for hydroxylation is 2. The van der Waals surface area contributed by atoms with Crippen LogP contribution in [0.15, 0.2) is 41.3 Å². The van der Waals surface area contributed by atoms with Gasteiger partial charge in [0.05, 0.1) is 17.7 Å². The standard InChI is InChI=1S/C19H25N3O3S/c1-14-4-5-16(12-15(14)2)21-26(23,24)17-6-7-19(25-3)18(13-17)22-10-8-20-9-11-22/h4-7,12-13,20-21H,8-11H2,1-3H3. The van der Waals surface area contributed by atoms with E-state index in [9.17, 15) is 8.42 Å². The second-order valence-electron chi connectivity index (χ2n) is 6.48. The lowest BCUT2D eigenvalue weighted by atomic mass is 10.1. The van der Waals surface area contributed by atoms with E-state index in [1.165, 1.54) is 0 Å². The van der Waals surface area contributed by atoms with Crippen LogP contribution in [0.25, 0.3) is 0 Å². The number of sulfonamides is 1.